The quantitative estimate of drug-likeness (QED) is 0.444. The lowest BCUT2D eigenvalue weighted by Gasteiger charge is -2.20. The number of hydrogen-bond acceptors (Lipinski definition) is 4. The average molecular weight is 370 g/mol. The van der Waals surface area contributed by atoms with Crippen LogP contribution in [0.5, 0.6) is 0 Å². The van der Waals surface area contributed by atoms with E-state index < -0.39 is 0 Å². The Kier molecular flexibility index (Phi) is 4.94. The lowest BCUT2D eigenvalue weighted by Crippen LogP contribution is -2.21. The highest BCUT2D eigenvalue weighted by Gasteiger charge is 2.07. The summed E-state index contributed by atoms with van der Waals surface area (Å²) in [6.07, 6.45) is 3.61. The molecule has 0 aliphatic rings. The van der Waals surface area contributed by atoms with Crippen molar-refractivity contribution in [3.05, 3.63) is 82.3 Å². The van der Waals surface area contributed by atoms with Crippen molar-refractivity contribution in [2.45, 2.75) is 13.8 Å². The van der Waals surface area contributed by atoms with Gasteiger partial charge in [-0.05, 0) is 56.3 Å². The first-order valence-corrected chi connectivity index (χ1v) is 9.54. The van der Waals surface area contributed by atoms with Gasteiger partial charge in [0, 0.05) is 35.6 Å². The monoisotopic (exact) mass is 370 g/mol. The molecular formula is C24H22N2O2. The number of rotatable bonds is 5. The van der Waals surface area contributed by atoms with Crippen LogP contribution in [0.3, 0.4) is 0 Å². The van der Waals surface area contributed by atoms with Gasteiger partial charge in [0.25, 0.3) is 0 Å². The van der Waals surface area contributed by atoms with Gasteiger partial charge in [-0.2, -0.15) is 0 Å². The normalized spacial score (nSPS) is 11.5. The molecule has 4 rings (SSSR count). The smallest absolute Gasteiger partial charge is 0.343 e. The predicted octanol–water partition coefficient (Wildman–Crippen LogP) is 5.36. The number of aromatic nitrogens is 1. The summed E-state index contributed by atoms with van der Waals surface area (Å²) in [6, 6.07) is 19.8. The lowest BCUT2D eigenvalue weighted by atomic mass is 10.1. The molecule has 4 heteroatoms. The maximum atomic E-state index is 12.4. The van der Waals surface area contributed by atoms with E-state index in [1.807, 2.05) is 60.7 Å². The van der Waals surface area contributed by atoms with Gasteiger partial charge in [-0.25, -0.2) is 9.78 Å². The summed E-state index contributed by atoms with van der Waals surface area (Å²) in [7, 11) is 0. The van der Waals surface area contributed by atoms with Gasteiger partial charge < -0.3 is 9.32 Å². The van der Waals surface area contributed by atoms with Crippen molar-refractivity contribution >= 4 is 39.7 Å². The van der Waals surface area contributed by atoms with Gasteiger partial charge in [0.2, 0.25) is 0 Å². The Morgan fingerprint density at radius 3 is 2.54 bits per heavy atom. The zero-order valence-electron chi connectivity index (χ0n) is 16.1. The first-order valence-electron chi connectivity index (χ1n) is 9.54. The lowest BCUT2D eigenvalue weighted by molar-refractivity contribution is 0.559. The summed E-state index contributed by atoms with van der Waals surface area (Å²) in [6.45, 7) is 6.04. The third-order valence-electron chi connectivity index (χ3n) is 4.93. The maximum Gasteiger partial charge on any atom is 0.343 e. The van der Waals surface area contributed by atoms with Crippen molar-refractivity contribution in [2.75, 3.05) is 18.0 Å². The topological polar surface area (TPSA) is 46.3 Å². The molecule has 0 bridgehead atoms. The Morgan fingerprint density at radius 2 is 1.71 bits per heavy atom. The fraction of sp³-hybridized carbons (Fsp3) is 0.167. The number of nitrogens with zero attached hydrogens (tertiary/aromatic N) is 2. The van der Waals surface area contributed by atoms with Crippen LogP contribution in [-0.2, 0) is 0 Å². The molecule has 0 spiro atoms. The fourth-order valence-corrected chi connectivity index (χ4v) is 3.37. The highest BCUT2D eigenvalue weighted by molar-refractivity contribution is 5.84. The van der Waals surface area contributed by atoms with Crippen LogP contribution >= 0.6 is 0 Å². The molecule has 28 heavy (non-hydrogen) atoms. The summed E-state index contributed by atoms with van der Waals surface area (Å²) in [5.41, 5.74) is 3.56. The molecule has 2 aromatic heterocycles. The molecule has 0 atom stereocenters. The number of hydrogen-bond donors (Lipinski definition) is 0. The summed E-state index contributed by atoms with van der Waals surface area (Å²) in [4.78, 5) is 19.3. The standard InChI is InChI=1S/C24H22N2O2/c1-3-26(4-2)21-14-11-18-15-19(24(27)28-23(18)16-21)10-13-20-12-9-17-7-5-6-8-22(17)25-20/h5-16H,3-4H2,1-2H3/b13-10+. The highest BCUT2D eigenvalue weighted by atomic mass is 16.4. The van der Waals surface area contributed by atoms with Crippen LogP contribution in [0.2, 0.25) is 0 Å². The van der Waals surface area contributed by atoms with Crippen LogP contribution in [0.1, 0.15) is 25.1 Å². The Balaban J connectivity index is 1.68. The van der Waals surface area contributed by atoms with Gasteiger partial charge in [-0.3, -0.25) is 0 Å². The largest absolute Gasteiger partial charge is 0.422 e. The molecule has 140 valence electrons. The van der Waals surface area contributed by atoms with Crippen molar-refractivity contribution in [3.63, 3.8) is 0 Å². The second kappa shape index (κ2) is 7.69. The van der Waals surface area contributed by atoms with Crippen LogP contribution < -0.4 is 10.5 Å². The Morgan fingerprint density at radius 1 is 0.929 bits per heavy atom. The molecule has 4 nitrogen and oxygen atoms in total. The molecule has 0 unspecified atom stereocenters. The van der Waals surface area contributed by atoms with E-state index in [1.54, 1.807) is 6.08 Å². The molecular weight excluding hydrogens is 348 g/mol. The Bertz CT molecular complexity index is 1220. The first-order chi connectivity index (χ1) is 13.7. The van der Waals surface area contributed by atoms with E-state index in [-0.39, 0.29) is 5.63 Å². The molecule has 0 amide bonds. The molecule has 0 fully saturated rings. The van der Waals surface area contributed by atoms with Gasteiger partial charge >= 0.3 is 5.63 Å². The van der Waals surface area contributed by atoms with Crippen molar-refractivity contribution in [2.24, 2.45) is 0 Å². The van der Waals surface area contributed by atoms with E-state index in [9.17, 15) is 4.79 Å². The summed E-state index contributed by atoms with van der Waals surface area (Å²) in [5.74, 6) is 0. The second-order valence-corrected chi connectivity index (χ2v) is 6.65. The number of pyridine rings is 1. The van der Waals surface area contributed by atoms with Gasteiger partial charge in [-0.15, -0.1) is 0 Å². The van der Waals surface area contributed by atoms with Gasteiger partial charge in [0.15, 0.2) is 0 Å². The molecule has 0 aliphatic carbocycles. The van der Waals surface area contributed by atoms with E-state index in [1.165, 1.54) is 0 Å². The van der Waals surface area contributed by atoms with E-state index >= 15 is 0 Å². The summed E-state index contributed by atoms with van der Waals surface area (Å²) in [5, 5.41) is 2.00. The minimum absolute atomic E-state index is 0.346. The third kappa shape index (κ3) is 3.54. The molecule has 4 aromatic rings. The number of fused-ring (bicyclic) bond motifs is 2. The minimum Gasteiger partial charge on any atom is -0.422 e. The number of para-hydroxylation sites is 1. The van der Waals surface area contributed by atoms with Crippen LogP contribution in [0.4, 0.5) is 5.69 Å². The third-order valence-corrected chi connectivity index (χ3v) is 4.93. The van der Waals surface area contributed by atoms with Gasteiger partial charge in [0.1, 0.15) is 5.58 Å². The minimum atomic E-state index is -0.346. The SMILES string of the molecule is CCN(CC)c1ccc2cc(/C=C/c3ccc4ccccc4n3)c(=O)oc2c1. The van der Waals surface area contributed by atoms with Crippen LogP contribution in [0.15, 0.2) is 69.9 Å². The van der Waals surface area contributed by atoms with Crippen molar-refractivity contribution in [3.8, 4) is 0 Å². The number of benzene rings is 2. The van der Waals surface area contributed by atoms with Gasteiger partial charge in [-0.1, -0.05) is 24.3 Å². The molecule has 0 radical (unpaired) electrons. The molecule has 2 heterocycles. The maximum absolute atomic E-state index is 12.4. The molecule has 0 saturated heterocycles. The fourth-order valence-electron chi connectivity index (χ4n) is 3.37. The highest BCUT2D eigenvalue weighted by Crippen LogP contribution is 2.22. The molecule has 0 saturated carbocycles. The van der Waals surface area contributed by atoms with Crippen LogP contribution in [0, 0.1) is 0 Å². The van der Waals surface area contributed by atoms with E-state index in [0.717, 1.165) is 40.8 Å². The second-order valence-electron chi connectivity index (χ2n) is 6.65. The van der Waals surface area contributed by atoms with E-state index in [0.29, 0.717) is 11.1 Å². The van der Waals surface area contributed by atoms with E-state index in [4.69, 9.17) is 4.42 Å². The summed E-state index contributed by atoms with van der Waals surface area (Å²) >= 11 is 0. The van der Waals surface area contributed by atoms with Crippen molar-refractivity contribution in [1.29, 1.82) is 0 Å². The zero-order valence-corrected chi connectivity index (χ0v) is 16.1. The van der Waals surface area contributed by atoms with Gasteiger partial charge in [0.05, 0.1) is 16.8 Å². The average Bonchev–Trinajstić information content (AvgIpc) is 2.73. The molecule has 0 aliphatic heterocycles. The molecule has 2 aromatic carbocycles. The molecule has 0 N–H and O–H groups in total. The van der Waals surface area contributed by atoms with Crippen molar-refractivity contribution < 1.29 is 4.42 Å². The van der Waals surface area contributed by atoms with Crippen molar-refractivity contribution in [1.82, 2.24) is 4.98 Å². The van der Waals surface area contributed by atoms with E-state index in [2.05, 4.69) is 29.8 Å². The zero-order chi connectivity index (χ0) is 19.5. The summed E-state index contributed by atoms with van der Waals surface area (Å²) < 4.78 is 5.58. The predicted molar refractivity (Wildman–Crippen MR) is 117 cm³/mol. The number of anilines is 1. The van der Waals surface area contributed by atoms with Crippen LogP contribution in [0.25, 0.3) is 34.0 Å². The Labute approximate surface area is 163 Å². The van der Waals surface area contributed by atoms with Crippen LogP contribution in [-0.4, -0.2) is 18.1 Å². The first kappa shape index (κ1) is 18.0. The Hall–Kier alpha value is -3.40.